The number of quaternary nitrogens is 1. The van der Waals surface area contributed by atoms with Crippen LogP contribution in [0.4, 0.5) is 5.95 Å². The number of unbranched alkanes of at least 4 members (excludes halogenated alkanes) is 15. The Morgan fingerprint density at radius 3 is 1.27 bits per heavy atom. The van der Waals surface area contributed by atoms with Crippen molar-refractivity contribution in [2.45, 2.75) is 110 Å². The smallest absolute Gasteiger partial charge is 0.334 e. The Morgan fingerprint density at radius 2 is 0.900 bits per heavy atom. The zero-order chi connectivity index (χ0) is 21.4. The predicted octanol–water partition coefficient (Wildman–Crippen LogP) is 5.01. The van der Waals surface area contributed by atoms with E-state index in [9.17, 15) is 0 Å². The predicted molar refractivity (Wildman–Crippen MR) is 128 cm³/mol. The van der Waals surface area contributed by atoms with E-state index in [2.05, 4.69) is 36.0 Å². The maximum Gasteiger partial charge on any atom is 0.334 e. The van der Waals surface area contributed by atoms with Gasteiger partial charge in [-0.3, -0.25) is 4.48 Å². The van der Waals surface area contributed by atoms with Crippen LogP contribution in [-0.2, 0) is 0 Å². The molecule has 0 amide bonds. The second-order valence-corrected chi connectivity index (χ2v) is 9.56. The van der Waals surface area contributed by atoms with Gasteiger partial charge in [-0.05, 0) is 36.0 Å². The average molecular weight is 482 g/mol. The molecule has 0 spiro atoms. The van der Waals surface area contributed by atoms with Crippen LogP contribution in [0.1, 0.15) is 110 Å². The average Bonchev–Trinajstić information content (AvgIpc) is 2.67. The summed E-state index contributed by atoms with van der Waals surface area (Å²) in [6, 6.07) is 0. The van der Waals surface area contributed by atoms with Crippen LogP contribution in [0.5, 0.6) is 0 Å². The number of aromatic nitrogens is 3. The minimum Gasteiger partial charge on any atom is -1.00 e. The maximum absolute atomic E-state index is 5.90. The van der Waals surface area contributed by atoms with Crippen LogP contribution >= 0.6 is 23.2 Å². The van der Waals surface area contributed by atoms with Gasteiger partial charge < -0.3 is 12.4 Å². The fraction of sp³-hybridized carbons (Fsp3) is 0.870. The molecule has 7 heteroatoms. The van der Waals surface area contributed by atoms with Crippen molar-refractivity contribution in [2.75, 3.05) is 20.6 Å². The third kappa shape index (κ3) is 14.8. The fourth-order valence-corrected chi connectivity index (χ4v) is 4.10. The van der Waals surface area contributed by atoms with Gasteiger partial charge in [-0.25, -0.2) is 0 Å². The van der Waals surface area contributed by atoms with Crippen molar-refractivity contribution in [1.82, 2.24) is 19.4 Å². The molecule has 0 bridgehead atoms. The lowest BCUT2D eigenvalue weighted by Gasteiger charge is -2.26. The zero-order valence-corrected chi connectivity index (χ0v) is 21.7. The molecule has 0 radical (unpaired) electrons. The van der Waals surface area contributed by atoms with Gasteiger partial charge in [0, 0.05) is 0 Å². The molecule has 1 rings (SSSR count). The van der Waals surface area contributed by atoms with Gasteiger partial charge in [0.05, 0.1) is 20.6 Å². The van der Waals surface area contributed by atoms with Crippen LogP contribution in [0.25, 0.3) is 0 Å². The Balaban J connectivity index is 0.00000841. The zero-order valence-electron chi connectivity index (χ0n) is 19.4. The molecule has 0 N–H and O–H groups in total. The van der Waals surface area contributed by atoms with E-state index in [0.717, 1.165) is 13.0 Å². The van der Waals surface area contributed by atoms with E-state index in [1.54, 1.807) is 0 Å². The first-order chi connectivity index (χ1) is 14.0. The van der Waals surface area contributed by atoms with Crippen LogP contribution in [0, 0.1) is 0 Å². The number of hydrogen-bond acceptors (Lipinski definition) is 3. The first-order valence-electron chi connectivity index (χ1n) is 11.9. The first kappa shape index (κ1) is 29.8. The van der Waals surface area contributed by atoms with E-state index in [-0.39, 0.29) is 23.0 Å². The third-order valence-electron chi connectivity index (χ3n) is 5.68. The molecular formula is C23H43Cl3N4. The molecule has 0 aromatic carbocycles. The largest absolute Gasteiger partial charge is 1.00 e. The minimum absolute atomic E-state index is 0. The number of halogens is 3. The summed E-state index contributed by atoms with van der Waals surface area (Å²) >= 11 is 11.8. The topological polar surface area (TPSA) is 38.7 Å². The van der Waals surface area contributed by atoms with Gasteiger partial charge in [0.1, 0.15) is 0 Å². The third-order valence-corrected chi connectivity index (χ3v) is 6.02. The van der Waals surface area contributed by atoms with Crippen molar-refractivity contribution in [3.63, 3.8) is 0 Å². The lowest BCUT2D eigenvalue weighted by Crippen LogP contribution is -3.00. The second kappa shape index (κ2) is 18.4. The highest BCUT2D eigenvalue weighted by molar-refractivity contribution is 6.31. The Hall–Kier alpha value is -0.160. The summed E-state index contributed by atoms with van der Waals surface area (Å²) in [5.41, 5.74) is 0. The van der Waals surface area contributed by atoms with Crippen LogP contribution in [-0.4, -0.2) is 35.6 Å². The quantitative estimate of drug-likeness (QED) is 0.218. The minimum atomic E-state index is 0. The molecule has 1 aromatic rings. The monoisotopic (exact) mass is 480 g/mol. The van der Waals surface area contributed by atoms with Crippen molar-refractivity contribution in [1.29, 1.82) is 0 Å². The van der Waals surface area contributed by atoms with Gasteiger partial charge in [-0.2, -0.15) is 4.98 Å². The molecule has 0 aliphatic rings. The van der Waals surface area contributed by atoms with E-state index in [4.69, 9.17) is 23.2 Å². The Morgan fingerprint density at radius 1 is 0.567 bits per heavy atom. The summed E-state index contributed by atoms with van der Waals surface area (Å²) in [7, 11) is 4.18. The van der Waals surface area contributed by atoms with Gasteiger partial charge in [0.25, 0.3) is 0 Å². The molecule has 0 atom stereocenters. The Bertz CT molecular complexity index is 521. The summed E-state index contributed by atoms with van der Waals surface area (Å²) in [6.07, 6.45) is 22.1. The van der Waals surface area contributed by atoms with Crippen LogP contribution in [0.3, 0.4) is 0 Å². The Labute approximate surface area is 201 Å². The summed E-state index contributed by atoms with van der Waals surface area (Å²) in [6.45, 7) is 3.27. The van der Waals surface area contributed by atoms with Crippen molar-refractivity contribution in [3.05, 3.63) is 10.6 Å². The molecule has 30 heavy (non-hydrogen) atoms. The molecule has 0 aliphatic heterocycles. The van der Waals surface area contributed by atoms with Crippen LogP contribution in [0.15, 0.2) is 0 Å². The number of nitrogens with zero attached hydrogens (tertiary/aromatic N) is 4. The molecular weight excluding hydrogens is 439 g/mol. The molecule has 0 saturated heterocycles. The lowest BCUT2D eigenvalue weighted by molar-refractivity contribution is -0.00000656. The van der Waals surface area contributed by atoms with E-state index in [1.165, 1.54) is 96.3 Å². The molecule has 0 unspecified atom stereocenters. The highest BCUT2D eigenvalue weighted by Crippen LogP contribution is 2.19. The van der Waals surface area contributed by atoms with Crippen LogP contribution in [0.2, 0.25) is 10.6 Å². The van der Waals surface area contributed by atoms with Gasteiger partial charge in [-0.15, -0.1) is 9.97 Å². The fourth-order valence-electron chi connectivity index (χ4n) is 3.74. The van der Waals surface area contributed by atoms with E-state index >= 15 is 0 Å². The standard InChI is InChI=1S/C23H43Cl2N4.ClH/c1-4-5-6-7-8-9-10-11-12-13-14-15-16-17-18-19-20-29(2,3)23-27-21(24)26-22(25)28-23;/h4-20H2,1-3H3;1H/q+1;/p-1. The molecule has 0 aliphatic carbocycles. The second-order valence-electron chi connectivity index (χ2n) is 8.89. The first-order valence-corrected chi connectivity index (χ1v) is 12.6. The summed E-state index contributed by atoms with van der Waals surface area (Å²) in [4.78, 5) is 12.3. The number of hydrogen-bond donors (Lipinski definition) is 0. The Kier molecular flexibility index (Phi) is 18.3. The molecule has 0 fully saturated rings. The van der Waals surface area contributed by atoms with Crippen molar-refractivity contribution in [2.24, 2.45) is 0 Å². The molecule has 4 nitrogen and oxygen atoms in total. The van der Waals surface area contributed by atoms with Crippen molar-refractivity contribution >= 4 is 29.2 Å². The van der Waals surface area contributed by atoms with Gasteiger partial charge in [-0.1, -0.05) is 96.8 Å². The maximum atomic E-state index is 5.90. The number of rotatable bonds is 18. The highest BCUT2D eigenvalue weighted by Gasteiger charge is 2.23. The van der Waals surface area contributed by atoms with E-state index in [0.29, 0.717) is 10.4 Å². The molecule has 0 saturated carbocycles. The van der Waals surface area contributed by atoms with Crippen molar-refractivity contribution in [3.8, 4) is 0 Å². The van der Waals surface area contributed by atoms with Crippen LogP contribution < -0.4 is 16.9 Å². The van der Waals surface area contributed by atoms with Crippen molar-refractivity contribution < 1.29 is 12.4 Å². The van der Waals surface area contributed by atoms with Gasteiger partial charge in [0.2, 0.25) is 10.6 Å². The molecule has 1 heterocycles. The summed E-state index contributed by atoms with van der Waals surface area (Å²) in [5.74, 6) is 0.635. The van der Waals surface area contributed by atoms with E-state index < -0.39 is 0 Å². The summed E-state index contributed by atoms with van der Waals surface area (Å²) < 4.78 is 0.584. The van der Waals surface area contributed by atoms with Gasteiger partial charge in [0.15, 0.2) is 0 Å². The highest BCUT2D eigenvalue weighted by atomic mass is 35.5. The van der Waals surface area contributed by atoms with E-state index in [1.807, 2.05) is 0 Å². The lowest BCUT2D eigenvalue weighted by atomic mass is 10.0. The molecule has 1 aromatic heterocycles. The van der Waals surface area contributed by atoms with Gasteiger partial charge >= 0.3 is 5.95 Å². The summed E-state index contributed by atoms with van der Waals surface area (Å²) in [5, 5.41) is 0.330. The normalized spacial score (nSPS) is 11.5. The molecule has 176 valence electrons. The SMILES string of the molecule is CCCCCCCCCCCCCCCCCC[N+](C)(C)c1nc(Cl)nc(Cl)n1.[Cl-].